The van der Waals surface area contributed by atoms with Crippen LogP contribution in [-0.4, -0.2) is 33.8 Å². The Labute approximate surface area is 211 Å². The lowest BCUT2D eigenvalue weighted by atomic mass is 10.0. The Kier molecular flexibility index (Phi) is 7.59. The third-order valence-corrected chi connectivity index (χ3v) is 6.16. The lowest BCUT2D eigenvalue weighted by Crippen LogP contribution is -2.32. The molecule has 1 unspecified atom stereocenters. The summed E-state index contributed by atoms with van der Waals surface area (Å²) in [6, 6.07) is 17.1. The average molecular weight is 485 g/mol. The number of rotatable bonds is 10. The monoisotopic (exact) mass is 484 g/mol. The number of carboxylic acids is 1. The van der Waals surface area contributed by atoms with Gasteiger partial charge in [-0.3, -0.25) is 0 Å². The van der Waals surface area contributed by atoms with Gasteiger partial charge in [0, 0.05) is 49.0 Å². The second-order valence-corrected chi connectivity index (χ2v) is 9.04. The van der Waals surface area contributed by atoms with E-state index >= 15 is 0 Å². The molecule has 0 radical (unpaired) electrons. The number of nitrogens with one attached hydrogen (secondary N) is 2. The predicted molar refractivity (Wildman–Crippen MR) is 143 cm³/mol. The molecule has 2 aromatic heterocycles. The fraction of sp³-hybridized carbons (Fsp3) is 0.241. The van der Waals surface area contributed by atoms with E-state index in [0.717, 1.165) is 45.2 Å². The van der Waals surface area contributed by atoms with Crippen LogP contribution in [0.1, 0.15) is 27.8 Å². The van der Waals surface area contributed by atoms with E-state index in [1.165, 1.54) is 5.56 Å². The summed E-state index contributed by atoms with van der Waals surface area (Å²) in [6.07, 6.45) is 6.17. The number of benzene rings is 2. The molecule has 0 bridgehead atoms. The summed E-state index contributed by atoms with van der Waals surface area (Å²) in [5.74, 6) is 0.644. The van der Waals surface area contributed by atoms with Crippen molar-refractivity contribution in [1.29, 1.82) is 0 Å². The van der Waals surface area contributed by atoms with Gasteiger partial charge in [0.2, 0.25) is 0 Å². The fourth-order valence-corrected chi connectivity index (χ4v) is 4.36. The van der Waals surface area contributed by atoms with Crippen LogP contribution in [0.2, 0.25) is 0 Å². The number of methoxy groups -OCH3 is 1. The Balaban J connectivity index is 1.40. The van der Waals surface area contributed by atoms with Crippen molar-refractivity contribution in [3.8, 4) is 11.4 Å². The lowest BCUT2D eigenvalue weighted by Gasteiger charge is -2.20. The number of ether oxygens (including phenoxy) is 1. The molecule has 0 saturated heterocycles. The van der Waals surface area contributed by atoms with Crippen molar-refractivity contribution in [2.45, 2.75) is 39.8 Å². The maximum atomic E-state index is 12.0. The molecule has 0 amide bonds. The van der Waals surface area contributed by atoms with Crippen LogP contribution >= 0.6 is 0 Å². The summed E-state index contributed by atoms with van der Waals surface area (Å²) >= 11 is 0. The van der Waals surface area contributed by atoms with Gasteiger partial charge in [-0.1, -0.05) is 29.8 Å². The van der Waals surface area contributed by atoms with E-state index in [-0.39, 0.29) is 0 Å². The number of carbonyl (C=O) groups is 1. The molecular formula is C29H32N4O3. The van der Waals surface area contributed by atoms with Crippen LogP contribution in [0.3, 0.4) is 0 Å². The number of aliphatic carboxylic acids is 1. The summed E-state index contributed by atoms with van der Waals surface area (Å²) in [4.78, 5) is 16.3. The Morgan fingerprint density at radius 2 is 1.75 bits per heavy atom. The van der Waals surface area contributed by atoms with Crippen molar-refractivity contribution >= 4 is 17.5 Å². The quantitative estimate of drug-likeness (QED) is 0.274. The highest BCUT2D eigenvalue weighted by Gasteiger charge is 2.20. The molecule has 0 aliphatic heterocycles. The minimum absolute atomic E-state index is 0.386. The number of nitrogens with zero attached hydrogens (tertiary/aromatic N) is 2. The van der Waals surface area contributed by atoms with Crippen molar-refractivity contribution in [3.05, 3.63) is 101 Å². The van der Waals surface area contributed by atoms with E-state index in [4.69, 9.17) is 4.74 Å². The highest BCUT2D eigenvalue weighted by Crippen LogP contribution is 2.24. The van der Waals surface area contributed by atoms with Gasteiger partial charge in [0.15, 0.2) is 0 Å². The van der Waals surface area contributed by atoms with E-state index in [0.29, 0.717) is 13.0 Å². The topological polar surface area (TPSA) is 88.4 Å². The highest BCUT2D eigenvalue weighted by atomic mass is 16.5. The van der Waals surface area contributed by atoms with Crippen molar-refractivity contribution in [2.24, 2.45) is 0 Å². The second kappa shape index (κ2) is 11.0. The molecule has 0 aliphatic carbocycles. The van der Waals surface area contributed by atoms with Crippen molar-refractivity contribution < 1.29 is 14.6 Å². The van der Waals surface area contributed by atoms with E-state index in [2.05, 4.69) is 40.0 Å². The lowest BCUT2D eigenvalue weighted by molar-refractivity contribution is -0.137. The maximum absolute atomic E-state index is 12.0. The average Bonchev–Trinajstić information content (AvgIpc) is 3.33. The van der Waals surface area contributed by atoms with Gasteiger partial charge < -0.3 is 25.0 Å². The van der Waals surface area contributed by atoms with E-state index in [1.807, 2.05) is 67.9 Å². The minimum atomic E-state index is -0.869. The first kappa shape index (κ1) is 24.9. The van der Waals surface area contributed by atoms with Crippen LogP contribution < -0.4 is 15.4 Å². The number of carboxylic acid groups (broad SMARTS) is 1. The number of hydrogen-bond acceptors (Lipinski definition) is 5. The zero-order valence-corrected chi connectivity index (χ0v) is 21.1. The number of pyridine rings is 1. The van der Waals surface area contributed by atoms with Gasteiger partial charge in [0.25, 0.3) is 0 Å². The SMILES string of the molecule is COc1ccnc(NCc2ccn(-c3ccc(CC(Nc4c(C)cc(C)cc4C)C(=O)O)cc3)c2)c1. The number of anilines is 2. The first-order valence-corrected chi connectivity index (χ1v) is 11.9. The van der Waals surface area contributed by atoms with E-state index < -0.39 is 12.0 Å². The first-order chi connectivity index (χ1) is 17.3. The van der Waals surface area contributed by atoms with Crippen LogP contribution in [0.5, 0.6) is 5.75 Å². The molecule has 2 heterocycles. The van der Waals surface area contributed by atoms with Crippen molar-refractivity contribution in [3.63, 3.8) is 0 Å². The number of aryl methyl sites for hydroxylation is 3. The highest BCUT2D eigenvalue weighted by molar-refractivity contribution is 5.79. The summed E-state index contributed by atoms with van der Waals surface area (Å²) in [5, 5.41) is 16.4. The normalized spacial score (nSPS) is 11.7. The van der Waals surface area contributed by atoms with Gasteiger partial charge in [-0.25, -0.2) is 9.78 Å². The summed E-state index contributed by atoms with van der Waals surface area (Å²) in [5.41, 5.74) is 7.24. The van der Waals surface area contributed by atoms with E-state index in [9.17, 15) is 9.90 Å². The molecular weight excluding hydrogens is 452 g/mol. The molecule has 0 aliphatic rings. The summed E-state index contributed by atoms with van der Waals surface area (Å²) in [6.45, 7) is 6.69. The fourth-order valence-electron chi connectivity index (χ4n) is 4.36. The largest absolute Gasteiger partial charge is 0.497 e. The van der Waals surface area contributed by atoms with Crippen molar-refractivity contribution in [2.75, 3.05) is 17.7 Å². The van der Waals surface area contributed by atoms with E-state index in [1.54, 1.807) is 13.3 Å². The Morgan fingerprint density at radius 3 is 2.42 bits per heavy atom. The van der Waals surface area contributed by atoms with Gasteiger partial charge in [-0.2, -0.15) is 0 Å². The molecule has 4 aromatic rings. The van der Waals surface area contributed by atoms with Gasteiger partial charge in [0.05, 0.1) is 7.11 Å². The second-order valence-electron chi connectivity index (χ2n) is 9.04. The predicted octanol–water partition coefficient (Wildman–Crippen LogP) is 5.53. The Morgan fingerprint density at radius 1 is 1.03 bits per heavy atom. The molecule has 186 valence electrons. The molecule has 2 aromatic carbocycles. The third-order valence-electron chi connectivity index (χ3n) is 6.16. The van der Waals surface area contributed by atoms with Gasteiger partial charge in [-0.05, 0) is 67.3 Å². The molecule has 36 heavy (non-hydrogen) atoms. The van der Waals surface area contributed by atoms with Crippen LogP contribution in [0.15, 0.2) is 73.2 Å². The van der Waals surface area contributed by atoms with Crippen LogP contribution in [-0.2, 0) is 17.8 Å². The zero-order valence-electron chi connectivity index (χ0n) is 21.1. The zero-order chi connectivity index (χ0) is 25.7. The summed E-state index contributed by atoms with van der Waals surface area (Å²) < 4.78 is 7.29. The molecule has 0 spiro atoms. The Hall–Kier alpha value is -4.26. The van der Waals surface area contributed by atoms with Gasteiger partial charge in [-0.15, -0.1) is 0 Å². The molecule has 0 saturated carbocycles. The molecule has 1 atom stereocenters. The van der Waals surface area contributed by atoms with Crippen LogP contribution in [0.25, 0.3) is 5.69 Å². The van der Waals surface area contributed by atoms with Gasteiger partial charge in [0.1, 0.15) is 17.6 Å². The molecule has 3 N–H and O–H groups in total. The molecule has 7 nitrogen and oxygen atoms in total. The standard InChI is InChI=1S/C29H32N4O3/c1-19-13-20(2)28(21(3)14-19)32-26(29(34)35)15-22-5-7-24(8-6-22)33-12-10-23(18-33)17-31-27-16-25(36-4)9-11-30-27/h5-14,16,18,26,32H,15,17H2,1-4H3,(H,30,31)(H,34,35). The molecule has 7 heteroatoms. The summed E-state index contributed by atoms with van der Waals surface area (Å²) in [7, 11) is 1.63. The van der Waals surface area contributed by atoms with Crippen LogP contribution in [0, 0.1) is 20.8 Å². The van der Waals surface area contributed by atoms with Crippen molar-refractivity contribution in [1.82, 2.24) is 9.55 Å². The smallest absolute Gasteiger partial charge is 0.326 e. The Bertz CT molecular complexity index is 1320. The number of hydrogen-bond donors (Lipinski definition) is 3. The van der Waals surface area contributed by atoms with Gasteiger partial charge >= 0.3 is 5.97 Å². The number of aromatic nitrogens is 2. The third kappa shape index (κ3) is 6.05. The first-order valence-electron chi connectivity index (χ1n) is 11.9. The minimum Gasteiger partial charge on any atom is -0.497 e. The van der Waals surface area contributed by atoms with Crippen LogP contribution in [0.4, 0.5) is 11.5 Å². The molecule has 4 rings (SSSR count). The molecule has 0 fully saturated rings. The maximum Gasteiger partial charge on any atom is 0.326 e.